The molecule has 0 saturated carbocycles. The molecule has 0 saturated heterocycles. The van der Waals surface area contributed by atoms with Gasteiger partial charge >= 0.3 is 0 Å². The second-order valence-electron chi connectivity index (χ2n) is 5.48. The molecule has 2 aromatic carbocycles. The molecule has 1 amide bonds. The van der Waals surface area contributed by atoms with Crippen molar-refractivity contribution in [1.29, 1.82) is 0 Å². The van der Waals surface area contributed by atoms with Gasteiger partial charge in [0, 0.05) is 16.6 Å². The first-order valence-corrected chi connectivity index (χ1v) is 7.01. The molecule has 3 rings (SSSR count). The molecule has 0 aliphatic carbocycles. The fourth-order valence-corrected chi connectivity index (χ4v) is 2.45. The summed E-state index contributed by atoms with van der Waals surface area (Å²) in [6.07, 6.45) is 0. The van der Waals surface area contributed by atoms with Crippen LogP contribution in [0.2, 0.25) is 0 Å². The van der Waals surface area contributed by atoms with Crippen LogP contribution in [0.25, 0.3) is 10.9 Å². The highest BCUT2D eigenvalue weighted by Gasteiger charge is 2.11. The summed E-state index contributed by atoms with van der Waals surface area (Å²) in [6.45, 7) is 6.10. The zero-order valence-corrected chi connectivity index (χ0v) is 12.4. The van der Waals surface area contributed by atoms with Gasteiger partial charge in [-0.1, -0.05) is 23.8 Å². The number of fused-ring (bicyclic) bond motifs is 1. The fraction of sp³-hybridized carbons (Fsp3) is 0.167. The van der Waals surface area contributed by atoms with E-state index in [-0.39, 0.29) is 5.91 Å². The van der Waals surface area contributed by atoms with Gasteiger partial charge in [0.15, 0.2) is 0 Å². The van der Waals surface area contributed by atoms with Crippen LogP contribution in [0.5, 0.6) is 0 Å². The summed E-state index contributed by atoms with van der Waals surface area (Å²) in [5, 5.41) is 4.03. The van der Waals surface area contributed by atoms with Gasteiger partial charge in [-0.25, -0.2) is 0 Å². The maximum absolute atomic E-state index is 12.4. The van der Waals surface area contributed by atoms with Crippen LogP contribution >= 0.6 is 0 Å². The second kappa shape index (κ2) is 5.09. The molecule has 1 aromatic heterocycles. The minimum absolute atomic E-state index is 0.113. The number of hydrogen-bond acceptors (Lipinski definition) is 1. The lowest BCUT2D eigenvalue weighted by Gasteiger charge is -2.09. The van der Waals surface area contributed by atoms with E-state index in [1.165, 1.54) is 11.1 Å². The van der Waals surface area contributed by atoms with Crippen molar-refractivity contribution in [1.82, 2.24) is 4.98 Å². The molecule has 106 valence electrons. The third kappa shape index (κ3) is 2.55. The van der Waals surface area contributed by atoms with E-state index in [2.05, 4.69) is 16.4 Å². The molecule has 1 heterocycles. The quantitative estimate of drug-likeness (QED) is 0.719. The van der Waals surface area contributed by atoms with Crippen LogP contribution < -0.4 is 5.32 Å². The topological polar surface area (TPSA) is 44.9 Å². The number of amides is 1. The van der Waals surface area contributed by atoms with Crippen molar-refractivity contribution in [2.45, 2.75) is 20.8 Å². The Morgan fingerprint density at radius 2 is 1.86 bits per heavy atom. The predicted octanol–water partition coefficient (Wildman–Crippen LogP) is 4.35. The van der Waals surface area contributed by atoms with Gasteiger partial charge in [-0.15, -0.1) is 0 Å². The Hall–Kier alpha value is -2.55. The number of anilines is 1. The van der Waals surface area contributed by atoms with Crippen molar-refractivity contribution in [2.75, 3.05) is 5.32 Å². The molecule has 0 aliphatic rings. The highest BCUT2D eigenvalue weighted by molar-refractivity contribution is 6.06. The number of carbonyl (C=O) groups is 1. The van der Waals surface area contributed by atoms with E-state index in [4.69, 9.17) is 0 Å². The first kappa shape index (κ1) is 13.4. The first-order valence-electron chi connectivity index (χ1n) is 7.01. The summed E-state index contributed by atoms with van der Waals surface area (Å²) in [5.74, 6) is -0.113. The Bertz CT molecular complexity index is 830. The maximum Gasteiger partial charge on any atom is 0.272 e. The number of carbonyl (C=O) groups excluding carboxylic acids is 1. The van der Waals surface area contributed by atoms with Gasteiger partial charge < -0.3 is 10.3 Å². The molecule has 0 unspecified atom stereocenters. The van der Waals surface area contributed by atoms with E-state index in [0.29, 0.717) is 5.69 Å². The number of aromatic amines is 1. The summed E-state index contributed by atoms with van der Waals surface area (Å²) in [4.78, 5) is 15.6. The standard InChI is InChI=1S/C18H18N2O/c1-11-7-8-16-14(9-11)10-17(19-16)18(21)20-15-6-4-5-12(2)13(15)3/h4-10,19H,1-3H3,(H,20,21). The van der Waals surface area contributed by atoms with E-state index in [1.807, 2.05) is 57.2 Å². The van der Waals surface area contributed by atoms with Crippen molar-refractivity contribution in [2.24, 2.45) is 0 Å². The highest BCUT2D eigenvalue weighted by atomic mass is 16.1. The Labute approximate surface area is 124 Å². The van der Waals surface area contributed by atoms with E-state index < -0.39 is 0 Å². The lowest BCUT2D eigenvalue weighted by molar-refractivity contribution is 0.102. The lowest BCUT2D eigenvalue weighted by Crippen LogP contribution is -2.13. The van der Waals surface area contributed by atoms with Crippen LogP contribution in [0, 0.1) is 20.8 Å². The number of H-pyrrole nitrogens is 1. The van der Waals surface area contributed by atoms with Crippen LogP contribution in [0.1, 0.15) is 27.2 Å². The average Bonchev–Trinajstić information content (AvgIpc) is 2.87. The Morgan fingerprint density at radius 3 is 2.67 bits per heavy atom. The zero-order valence-electron chi connectivity index (χ0n) is 12.4. The monoisotopic (exact) mass is 278 g/mol. The molecule has 0 fully saturated rings. The highest BCUT2D eigenvalue weighted by Crippen LogP contribution is 2.21. The van der Waals surface area contributed by atoms with E-state index in [1.54, 1.807) is 0 Å². The molecule has 2 N–H and O–H groups in total. The number of benzene rings is 2. The van der Waals surface area contributed by atoms with Gasteiger partial charge in [-0.05, 0) is 56.2 Å². The maximum atomic E-state index is 12.4. The van der Waals surface area contributed by atoms with E-state index in [0.717, 1.165) is 22.2 Å². The normalized spacial score (nSPS) is 10.8. The number of aromatic nitrogens is 1. The van der Waals surface area contributed by atoms with Gasteiger partial charge in [-0.2, -0.15) is 0 Å². The second-order valence-corrected chi connectivity index (χ2v) is 5.48. The molecule has 3 heteroatoms. The van der Waals surface area contributed by atoms with Crippen molar-refractivity contribution in [3.63, 3.8) is 0 Å². The summed E-state index contributed by atoms with van der Waals surface area (Å²) in [5.41, 5.74) is 5.86. The third-order valence-electron chi connectivity index (χ3n) is 3.87. The lowest BCUT2D eigenvalue weighted by atomic mass is 10.1. The molecule has 0 radical (unpaired) electrons. The fourth-order valence-electron chi connectivity index (χ4n) is 2.45. The summed E-state index contributed by atoms with van der Waals surface area (Å²) in [6, 6.07) is 13.9. The number of nitrogens with one attached hydrogen (secondary N) is 2. The van der Waals surface area contributed by atoms with Crippen LogP contribution in [-0.4, -0.2) is 10.9 Å². The number of aryl methyl sites for hydroxylation is 2. The number of hydrogen-bond donors (Lipinski definition) is 2. The van der Waals surface area contributed by atoms with E-state index in [9.17, 15) is 4.79 Å². The van der Waals surface area contributed by atoms with Crippen LogP contribution in [0.3, 0.4) is 0 Å². The van der Waals surface area contributed by atoms with Crippen LogP contribution in [0.4, 0.5) is 5.69 Å². The van der Waals surface area contributed by atoms with Gasteiger partial charge in [0.05, 0.1) is 0 Å². The average molecular weight is 278 g/mol. The Kier molecular flexibility index (Phi) is 3.26. The van der Waals surface area contributed by atoms with Crippen molar-refractivity contribution < 1.29 is 4.79 Å². The molecule has 0 bridgehead atoms. The first-order chi connectivity index (χ1) is 10.0. The van der Waals surface area contributed by atoms with Gasteiger partial charge in [0.2, 0.25) is 0 Å². The van der Waals surface area contributed by atoms with Crippen LogP contribution in [-0.2, 0) is 0 Å². The van der Waals surface area contributed by atoms with Gasteiger partial charge in [0.25, 0.3) is 5.91 Å². The minimum Gasteiger partial charge on any atom is -0.351 e. The van der Waals surface area contributed by atoms with Crippen molar-refractivity contribution in [3.8, 4) is 0 Å². The molecule has 0 atom stereocenters. The SMILES string of the molecule is Cc1ccc2[nH]c(C(=O)Nc3cccc(C)c3C)cc2c1. The van der Waals surface area contributed by atoms with E-state index >= 15 is 0 Å². The summed E-state index contributed by atoms with van der Waals surface area (Å²) in [7, 11) is 0. The smallest absolute Gasteiger partial charge is 0.272 e. The molecular formula is C18H18N2O. The molecule has 3 nitrogen and oxygen atoms in total. The molecular weight excluding hydrogens is 260 g/mol. The number of rotatable bonds is 2. The minimum atomic E-state index is -0.113. The third-order valence-corrected chi connectivity index (χ3v) is 3.87. The van der Waals surface area contributed by atoms with Gasteiger partial charge in [0.1, 0.15) is 5.69 Å². The van der Waals surface area contributed by atoms with Crippen molar-refractivity contribution in [3.05, 3.63) is 64.8 Å². The Morgan fingerprint density at radius 1 is 1.05 bits per heavy atom. The molecule has 0 spiro atoms. The Balaban J connectivity index is 1.91. The molecule has 3 aromatic rings. The summed E-state index contributed by atoms with van der Waals surface area (Å²) < 4.78 is 0. The largest absolute Gasteiger partial charge is 0.351 e. The van der Waals surface area contributed by atoms with Gasteiger partial charge in [-0.3, -0.25) is 4.79 Å². The summed E-state index contributed by atoms with van der Waals surface area (Å²) >= 11 is 0. The predicted molar refractivity (Wildman–Crippen MR) is 86.9 cm³/mol. The van der Waals surface area contributed by atoms with Crippen molar-refractivity contribution >= 4 is 22.5 Å². The van der Waals surface area contributed by atoms with Crippen LogP contribution in [0.15, 0.2) is 42.5 Å². The zero-order chi connectivity index (χ0) is 15.0. The molecule has 21 heavy (non-hydrogen) atoms. The molecule has 0 aliphatic heterocycles.